The lowest BCUT2D eigenvalue weighted by Gasteiger charge is -2.10. The second kappa shape index (κ2) is 5.58. The van der Waals surface area contributed by atoms with Crippen LogP contribution in [0.3, 0.4) is 0 Å². The van der Waals surface area contributed by atoms with Gasteiger partial charge in [0.1, 0.15) is 10.7 Å². The molecule has 0 aliphatic carbocycles. The summed E-state index contributed by atoms with van der Waals surface area (Å²) in [6.07, 6.45) is 1.26. The molecule has 1 aromatic heterocycles. The molecular formula is C12H10ClN3O4S. The number of aromatic carboxylic acids is 1. The molecule has 1 heterocycles. The molecule has 2 aromatic rings. The number of sulfonamides is 1. The van der Waals surface area contributed by atoms with Crippen LogP contribution >= 0.6 is 11.6 Å². The molecule has 0 fully saturated rings. The van der Waals surface area contributed by atoms with Gasteiger partial charge < -0.3 is 10.8 Å². The smallest absolute Gasteiger partial charge is 0.337 e. The minimum Gasteiger partial charge on any atom is -0.478 e. The van der Waals surface area contributed by atoms with Gasteiger partial charge in [-0.3, -0.25) is 4.72 Å². The molecule has 110 valence electrons. The van der Waals surface area contributed by atoms with E-state index in [0.29, 0.717) is 5.02 Å². The number of benzene rings is 1. The SMILES string of the molecule is Nc1ccc(C(=O)O)c(S(=O)(=O)Nc2ccc(Cl)cn2)c1. The summed E-state index contributed by atoms with van der Waals surface area (Å²) in [5.41, 5.74) is 5.26. The van der Waals surface area contributed by atoms with E-state index in [9.17, 15) is 13.2 Å². The van der Waals surface area contributed by atoms with Gasteiger partial charge in [-0.25, -0.2) is 18.2 Å². The second-order valence-corrected chi connectivity index (χ2v) is 6.12. The summed E-state index contributed by atoms with van der Waals surface area (Å²) < 4.78 is 26.7. The standard InChI is InChI=1S/C12H10ClN3O4S/c13-7-1-4-11(15-6-7)16-21(19,20)10-5-8(14)2-3-9(10)12(17)18/h1-6H,14H2,(H,15,16)(H,17,18). The number of anilines is 2. The monoisotopic (exact) mass is 327 g/mol. The van der Waals surface area contributed by atoms with Gasteiger partial charge in [-0.15, -0.1) is 0 Å². The van der Waals surface area contributed by atoms with Gasteiger partial charge in [0.2, 0.25) is 0 Å². The number of pyridine rings is 1. The van der Waals surface area contributed by atoms with Crippen LogP contribution in [0.25, 0.3) is 0 Å². The van der Waals surface area contributed by atoms with Crippen molar-refractivity contribution in [2.24, 2.45) is 0 Å². The average molecular weight is 328 g/mol. The van der Waals surface area contributed by atoms with Crippen LogP contribution in [-0.2, 0) is 10.0 Å². The van der Waals surface area contributed by atoms with Gasteiger partial charge in [-0.05, 0) is 30.3 Å². The molecule has 0 atom stereocenters. The summed E-state index contributed by atoms with van der Waals surface area (Å²) in [5.74, 6) is -1.36. The number of nitrogen functional groups attached to an aromatic ring is 1. The molecule has 9 heteroatoms. The highest BCUT2D eigenvalue weighted by molar-refractivity contribution is 7.92. The fourth-order valence-electron chi connectivity index (χ4n) is 1.57. The third-order valence-corrected chi connectivity index (χ3v) is 4.11. The molecular weight excluding hydrogens is 318 g/mol. The Labute approximate surface area is 125 Å². The lowest BCUT2D eigenvalue weighted by molar-refractivity contribution is 0.0692. The Bertz CT molecular complexity index is 791. The largest absolute Gasteiger partial charge is 0.478 e. The first-order valence-electron chi connectivity index (χ1n) is 5.57. The van der Waals surface area contributed by atoms with Crippen molar-refractivity contribution in [1.29, 1.82) is 0 Å². The van der Waals surface area contributed by atoms with Gasteiger partial charge in [0.05, 0.1) is 10.6 Å². The molecule has 0 saturated heterocycles. The van der Waals surface area contributed by atoms with Crippen LogP contribution in [0.15, 0.2) is 41.4 Å². The Kier molecular flexibility index (Phi) is 4.01. The van der Waals surface area contributed by atoms with Gasteiger partial charge in [-0.2, -0.15) is 0 Å². The Balaban J connectivity index is 2.46. The lowest BCUT2D eigenvalue weighted by Crippen LogP contribution is -2.17. The fraction of sp³-hybridized carbons (Fsp3) is 0. The van der Waals surface area contributed by atoms with E-state index >= 15 is 0 Å². The number of nitrogens with two attached hydrogens (primary N) is 1. The maximum Gasteiger partial charge on any atom is 0.337 e. The van der Waals surface area contributed by atoms with Gasteiger partial charge in [0, 0.05) is 11.9 Å². The molecule has 0 amide bonds. The van der Waals surface area contributed by atoms with Crippen molar-refractivity contribution >= 4 is 39.1 Å². The summed E-state index contributed by atoms with van der Waals surface area (Å²) in [4.78, 5) is 14.5. The van der Waals surface area contributed by atoms with E-state index in [0.717, 1.165) is 12.1 Å². The van der Waals surface area contributed by atoms with Crippen LogP contribution in [-0.4, -0.2) is 24.5 Å². The van der Waals surface area contributed by atoms with Crippen molar-refractivity contribution in [3.63, 3.8) is 0 Å². The van der Waals surface area contributed by atoms with Crippen LogP contribution in [0.1, 0.15) is 10.4 Å². The number of aromatic nitrogens is 1. The number of hydrogen-bond acceptors (Lipinski definition) is 5. The van der Waals surface area contributed by atoms with Crippen LogP contribution in [0.2, 0.25) is 5.02 Å². The molecule has 1 aromatic carbocycles. The van der Waals surface area contributed by atoms with E-state index < -0.39 is 20.9 Å². The zero-order valence-corrected chi connectivity index (χ0v) is 12.0. The number of halogens is 1. The number of hydrogen-bond donors (Lipinski definition) is 3. The van der Waals surface area contributed by atoms with Crippen LogP contribution in [0, 0.1) is 0 Å². The maximum absolute atomic E-state index is 12.3. The van der Waals surface area contributed by atoms with E-state index in [1.165, 1.54) is 24.4 Å². The predicted molar refractivity (Wildman–Crippen MR) is 77.9 cm³/mol. The average Bonchev–Trinajstić information content (AvgIpc) is 2.41. The third kappa shape index (κ3) is 3.41. The van der Waals surface area contributed by atoms with Gasteiger partial charge >= 0.3 is 5.97 Å². The van der Waals surface area contributed by atoms with E-state index in [-0.39, 0.29) is 17.1 Å². The summed E-state index contributed by atoms with van der Waals surface area (Å²) in [6, 6.07) is 6.31. The molecule has 7 nitrogen and oxygen atoms in total. The highest BCUT2D eigenvalue weighted by Crippen LogP contribution is 2.22. The van der Waals surface area contributed by atoms with Crippen molar-refractivity contribution in [2.45, 2.75) is 4.90 Å². The number of carboxylic acid groups (broad SMARTS) is 1. The van der Waals surface area contributed by atoms with E-state index in [1.807, 2.05) is 0 Å². The van der Waals surface area contributed by atoms with Crippen molar-refractivity contribution in [2.75, 3.05) is 10.5 Å². The van der Waals surface area contributed by atoms with Crippen LogP contribution < -0.4 is 10.5 Å². The van der Waals surface area contributed by atoms with Crippen molar-refractivity contribution in [3.8, 4) is 0 Å². The minimum absolute atomic E-state index is 0.0122. The quantitative estimate of drug-likeness (QED) is 0.736. The topological polar surface area (TPSA) is 122 Å². The van der Waals surface area contributed by atoms with E-state index in [2.05, 4.69) is 9.71 Å². The fourth-order valence-corrected chi connectivity index (χ4v) is 2.92. The highest BCUT2D eigenvalue weighted by atomic mass is 35.5. The molecule has 0 unspecified atom stereocenters. The Morgan fingerprint density at radius 2 is 2.00 bits per heavy atom. The Morgan fingerprint density at radius 1 is 1.29 bits per heavy atom. The molecule has 0 bridgehead atoms. The maximum atomic E-state index is 12.3. The van der Waals surface area contributed by atoms with Gasteiger partial charge in [0.15, 0.2) is 0 Å². The second-order valence-electron chi connectivity index (χ2n) is 4.03. The number of carbonyl (C=O) groups is 1. The number of carboxylic acids is 1. The van der Waals surface area contributed by atoms with Crippen molar-refractivity contribution < 1.29 is 18.3 Å². The molecule has 0 saturated carbocycles. The number of nitrogens with zero attached hydrogens (tertiary/aromatic N) is 1. The molecule has 0 radical (unpaired) electrons. The molecule has 0 spiro atoms. The van der Waals surface area contributed by atoms with Crippen LogP contribution in [0.5, 0.6) is 0 Å². The van der Waals surface area contributed by atoms with Gasteiger partial charge in [0.25, 0.3) is 10.0 Å². The first-order valence-corrected chi connectivity index (χ1v) is 7.43. The third-order valence-electron chi connectivity index (χ3n) is 2.49. The molecule has 0 aliphatic rings. The normalized spacial score (nSPS) is 11.1. The van der Waals surface area contributed by atoms with Gasteiger partial charge in [-0.1, -0.05) is 11.6 Å². The van der Waals surface area contributed by atoms with Crippen LogP contribution in [0.4, 0.5) is 11.5 Å². The predicted octanol–water partition coefficient (Wildman–Crippen LogP) is 1.82. The summed E-state index contributed by atoms with van der Waals surface area (Å²) >= 11 is 5.65. The minimum atomic E-state index is -4.14. The molecule has 4 N–H and O–H groups in total. The first kappa shape index (κ1) is 15.1. The molecule has 21 heavy (non-hydrogen) atoms. The zero-order chi connectivity index (χ0) is 15.6. The molecule has 2 rings (SSSR count). The van der Waals surface area contributed by atoms with E-state index in [1.54, 1.807) is 0 Å². The molecule has 0 aliphatic heterocycles. The summed E-state index contributed by atoms with van der Waals surface area (Å²) in [6.45, 7) is 0. The van der Waals surface area contributed by atoms with E-state index in [4.69, 9.17) is 22.4 Å². The van der Waals surface area contributed by atoms with Crippen molar-refractivity contribution in [1.82, 2.24) is 4.98 Å². The van der Waals surface area contributed by atoms with Crippen molar-refractivity contribution in [3.05, 3.63) is 47.1 Å². The Morgan fingerprint density at radius 3 is 2.57 bits per heavy atom. The zero-order valence-electron chi connectivity index (χ0n) is 10.4. The summed E-state index contributed by atoms with van der Waals surface area (Å²) in [7, 11) is -4.14. The summed E-state index contributed by atoms with van der Waals surface area (Å²) in [5, 5.41) is 9.40. The first-order chi connectivity index (χ1) is 9.79. The lowest BCUT2D eigenvalue weighted by atomic mass is 10.2. The highest BCUT2D eigenvalue weighted by Gasteiger charge is 2.23. The Hall–Kier alpha value is -2.32. The number of rotatable bonds is 4. The number of nitrogens with one attached hydrogen (secondary N) is 1.